The van der Waals surface area contributed by atoms with E-state index in [9.17, 15) is 66.4 Å². The Labute approximate surface area is 399 Å². The minimum atomic E-state index is -5.44. The molecule has 0 radical (unpaired) electrons. The lowest BCUT2D eigenvalue weighted by Crippen LogP contribution is -2.32. The van der Waals surface area contributed by atoms with E-state index in [1.807, 2.05) is 0 Å². The van der Waals surface area contributed by atoms with Gasteiger partial charge < -0.3 is 25.8 Å². The van der Waals surface area contributed by atoms with Crippen molar-refractivity contribution in [1.82, 2.24) is 15.0 Å². The van der Waals surface area contributed by atoms with Crippen molar-refractivity contribution < 1.29 is 85.8 Å². The molecular weight excluding hydrogens is 1040 g/mol. The first-order valence-electron chi connectivity index (χ1n) is 18.9. The third kappa shape index (κ3) is 14.3. The largest absolute Gasteiger partial charge is 0.505 e. The quantitative estimate of drug-likeness (QED) is 0.00795. The number of hydrogen-bond acceptors (Lipinski definition) is 25. The molecule has 0 saturated heterocycles. The molecule has 0 aliphatic heterocycles. The Morgan fingerprint density at radius 2 is 1.54 bits per heavy atom. The van der Waals surface area contributed by atoms with Gasteiger partial charge in [-0.1, -0.05) is 17.7 Å². The zero-order valence-electron chi connectivity index (χ0n) is 35.5. The van der Waals surface area contributed by atoms with Crippen LogP contribution < -0.4 is 16.0 Å². The average molecular weight is 1080 g/mol. The number of phenolic OH excluding ortho intramolecular Hbond substituents is 1. The number of azo groups is 2. The maximum absolute atomic E-state index is 14.4. The molecule has 4 aromatic carbocycles. The van der Waals surface area contributed by atoms with Gasteiger partial charge in [-0.2, -0.15) is 54.8 Å². The number of aromatic hydroxyl groups is 1. The lowest BCUT2D eigenvalue weighted by atomic mass is 10.1. The number of aromatic nitrogens is 3. The Morgan fingerprint density at radius 1 is 0.843 bits per heavy atom. The van der Waals surface area contributed by atoms with Crippen LogP contribution in [0.3, 0.4) is 0 Å². The van der Waals surface area contributed by atoms with E-state index in [0.717, 1.165) is 60.9 Å². The first kappa shape index (κ1) is 54.4. The molecule has 0 saturated carbocycles. The van der Waals surface area contributed by atoms with Gasteiger partial charge in [0.05, 0.1) is 41.6 Å². The second-order valence-corrected chi connectivity index (χ2v) is 20.7. The predicted octanol–water partition coefficient (Wildman–Crippen LogP) is 5.17. The topological polar surface area (TPSA) is 424 Å². The molecule has 0 fully saturated rings. The number of phenols is 1. The number of anilines is 4. The van der Waals surface area contributed by atoms with Crippen LogP contribution >= 0.6 is 12.0 Å². The van der Waals surface area contributed by atoms with E-state index in [2.05, 4.69) is 67.3 Å². The molecule has 1 aromatic heterocycles. The molecule has 8 N–H and O–H groups in total. The number of nitrogens with zero attached hydrogens (tertiary/aromatic N) is 7. The van der Waals surface area contributed by atoms with E-state index in [4.69, 9.17) is 9.99 Å². The van der Waals surface area contributed by atoms with E-state index in [1.54, 1.807) is 0 Å². The van der Waals surface area contributed by atoms with Crippen molar-refractivity contribution in [2.24, 2.45) is 20.5 Å². The fourth-order valence-electron chi connectivity index (χ4n) is 5.74. The number of aryl methyl sites for hydroxylation is 1. The number of carbonyl (C=O) groups excluding carboxylic acids is 2. The number of benzene rings is 4. The number of halogens is 1. The number of hydrogen-bond donors (Lipinski definition) is 8. The van der Waals surface area contributed by atoms with Gasteiger partial charge in [-0.3, -0.25) is 23.2 Å². The molecule has 0 spiro atoms. The Morgan fingerprint density at radius 3 is 2.19 bits per heavy atom. The Balaban J connectivity index is 1.50. The van der Waals surface area contributed by atoms with Gasteiger partial charge in [0, 0.05) is 28.4 Å². The first-order chi connectivity index (χ1) is 32.7. The molecule has 1 unspecified atom stereocenters. The molecule has 0 aliphatic rings. The lowest BCUT2D eigenvalue weighted by Gasteiger charge is -2.16. The second kappa shape index (κ2) is 22.5. The van der Waals surface area contributed by atoms with Crippen LogP contribution in [0.4, 0.5) is 44.7 Å². The van der Waals surface area contributed by atoms with E-state index in [1.165, 1.54) is 13.0 Å². The maximum atomic E-state index is 14.4. The summed E-state index contributed by atoms with van der Waals surface area (Å²) in [6, 6.07) is 6.97. The van der Waals surface area contributed by atoms with Gasteiger partial charge in [0.2, 0.25) is 17.9 Å². The van der Waals surface area contributed by atoms with Gasteiger partial charge in [0.15, 0.2) is 21.4 Å². The molecule has 70 heavy (non-hydrogen) atoms. The molecule has 1 atom stereocenters. The van der Waals surface area contributed by atoms with Crippen molar-refractivity contribution in [2.75, 3.05) is 41.5 Å². The summed E-state index contributed by atoms with van der Waals surface area (Å²) in [5.41, 5.74) is -2.28. The third-order valence-electron chi connectivity index (χ3n) is 8.82. The smallest absolute Gasteiger partial charge is 0.315 e. The minimum Gasteiger partial charge on any atom is -0.505 e. The summed E-state index contributed by atoms with van der Waals surface area (Å²) < 4.78 is 152. The number of nitrogens with one attached hydrogen (secondary N) is 3. The van der Waals surface area contributed by atoms with Gasteiger partial charge in [0.25, 0.3) is 36.3 Å². The Bertz CT molecular complexity index is 3400. The molecule has 5 rings (SSSR count). The molecule has 374 valence electrons. The minimum absolute atomic E-state index is 0.0202. The van der Waals surface area contributed by atoms with E-state index < -0.39 is 129 Å². The summed E-state index contributed by atoms with van der Waals surface area (Å²) in [5.74, 6) is -4.44. The van der Waals surface area contributed by atoms with E-state index in [0.29, 0.717) is 5.56 Å². The number of sulfone groups is 1. The van der Waals surface area contributed by atoms with Crippen LogP contribution in [0.2, 0.25) is 0 Å². The first-order valence-corrected chi connectivity index (χ1v) is 25.6. The summed E-state index contributed by atoms with van der Waals surface area (Å²) in [4.78, 5) is 33.8. The van der Waals surface area contributed by atoms with E-state index in [-0.39, 0.29) is 49.2 Å². The van der Waals surface area contributed by atoms with Crippen molar-refractivity contribution in [2.45, 2.75) is 39.5 Å². The predicted molar refractivity (Wildman–Crippen MR) is 241 cm³/mol. The van der Waals surface area contributed by atoms with Gasteiger partial charge in [-0.25, -0.2) is 13.7 Å². The van der Waals surface area contributed by atoms with Crippen LogP contribution in [0.1, 0.15) is 12.5 Å². The standard InChI is InChI=1S/C36H35FN10O18S5/c1-4-67(52,53)14-13-63-12-11-38-35-41-34(37)42-36(43-35)39-20-6-10-27(68(54,55)56)25(16-20)45-47-30-26(66-65-64-51)17-22-21(31(30)49)7-9-24(32(22)70(60,61)62)40-33(50)29(19(3)48)46-44-23-8-5-18(2)15-28(23)69(57,58)59/h4-10,15-17,29,49,51H,1,11-14H2,2-3H3,(H,40,50)(H,54,55,56)(H,57,58,59)(H,60,61,62)(H2,38,39,41,42,43). The molecule has 0 aliphatic carbocycles. The molecule has 5 aromatic rings. The number of Topliss-reactive ketones (excluding diaryl/α,β-unsaturated/α-hetero) is 1. The highest BCUT2D eigenvalue weighted by Crippen LogP contribution is 2.47. The van der Waals surface area contributed by atoms with Crippen LogP contribution in [0, 0.1) is 13.0 Å². The van der Waals surface area contributed by atoms with Gasteiger partial charge in [-0.15, -0.1) is 14.6 Å². The Hall–Kier alpha value is -6.57. The number of ether oxygens (including phenoxy) is 1. The van der Waals surface area contributed by atoms with Crippen LogP contribution in [0.5, 0.6) is 5.75 Å². The monoisotopic (exact) mass is 1070 g/mol. The molecule has 1 heterocycles. The highest BCUT2D eigenvalue weighted by molar-refractivity contribution is 7.94. The molecule has 1 amide bonds. The van der Waals surface area contributed by atoms with E-state index >= 15 is 0 Å². The summed E-state index contributed by atoms with van der Waals surface area (Å²) in [7, 11) is -18.9. The van der Waals surface area contributed by atoms with Crippen molar-refractivity contribution in [3.63, 3.8) is 0 Å². The van der Waals surface area contributed by atoms with Crippen molar-refractivity contribution in [3.8, 4) is 5.75 Å². The van der Waals surface area contributed by atoms with Crippen LogP contribution in [-0.2, 0) is 63.9 Å². The van der Waals surface area contributed by atoms with Crippen LogP contribution in [-0.4, -0.2) is 116 Å². The third-order valence-corrected chi connectivity index (χ3v) is 13.4. The summed E-state index contributed by atoms with van der Waals surface area (Å²) in [6.07, 6.45) is -1.29. The van der Waals surface area contributed by atoms with Gasteiger partial charge in [0.1, 0.15) is 31.7 Å². The van der Waals surface area contributed by atoms with Crippen molar-refractivity contribution in [1.29, 1.82) is 0 Å². The number of amides is 1. The molecule has 34 heteroatoms. The fourth-order valence-corrected chi connectivity index (χ4v) is 8.90. The average Bonchev–Trinajstić information content (AvgIpc) is 3.25. The molecule has 28 nitrogen and oxygen atoms in total. The highest BCUT2D eigenvalue weighted by atomic mass is 32.2. The zero-order chi connectivity index (χ0) is 51.8. The van der Waals surface area contributed by atoms with Crippen LogP contribution in [0.15, 0.2) is 107 Å². The summed E-state index contributed by atoms with van der Waals surface area (Å²) in [5, 5.41) is 46.0. The number of ketones is 1. The fraction of sp³-hybridized carbons (Fsp3) is 0.194. The molecule has 0 bridgehead atoms. The lowest BCUT2D eigenvalue weighted by molar-refractivity contribution is -0.432. The highest BCUT2D eigenvalue weighted by Gasteiger charge is 2.30. The SMILES string of the molecule is C=CS(=O)(=O)CCOCCNc1nc(F)nc(Nc2ccc(S(=O)(=O)O)c(N=Nc3c(SOOO)cc4c(S(=O)(=O)O)c(NC(=O)C(N=Nc5ccc(C)cc5S(=O)(=O)O)C(C)=O)ccc4c3O)c2)n1. The number of carbonyl (C=O) groups is 2. The van der Waals surface area contributed by atoms with Gasteiger partial charge >= 0.3 is 6.08 Å². The Kier molecular flexibility index (Phi) is 17.4. The van der Waals surface area contributed by atoms with Gasteiger partial charge in [-0.05, 0) is 67.9 Å². The maximum Gasteiger partial charge on any atom is 0.315 e. The summed E-state index contributed by atoms with van der Waals surface area (Å²) >= 11 is 0.0337. The van der Waals surface area contributed by atoms with Crippen LogP contribution in [0.25, 0.3) is 10.8 Å². The number of fused-ring (bicyclic) bond motifs is 1. The number of rotatable bonds is 23. The normalized spacial score (nSPS) is 12.9. The van der Waals surface area contributed by atoms with Crippen molar-refractivity contribution >= 4 is 115 Å². The second-order valence-electron chi connectivity index (χ2n) is 13.8. The summed E-state index contributed by atoms with van der Waals surface area (Å²) in [6.45, 7) is 5.34. The van der Waals surface area contributed by atoms with Crippen molar-refractivity contribution in [3.05, 3.63) is 78.2 Å². The molecular formula is C36H35FN10O18S5. The zero-order valence-corrected chi connectivity index (χ0v) is 39.6.